The third-order valence-electron chi connectivity index (χ3n) is 3.03. The van der Waals surface area contributed by atoms with E-state index in [4.69, 9.17) is 0 Å². The van der Waals surface area contributed by atoms with E-state index < -0.39 is 25.6 Å². The second-order valence-corrected chi connectivity index (χ2v) is 9.41. The molecule has 0 spiro atoms. The Bertz CT molecular complexity index is 937. The molecular formula is C15H19N3O5S2. The summed E-state index contributed by atoms with van der Waals surface area (Å²) >= 11 is 0. The summed E-state index contributed by atoms with van der Waals surface area (Å²) in [6.07, 6.45) is 2.84. The second kappa shape index (κ2) is 7.08. The van der Waals surface area contributed by atoms with Gasteiger partial charge in [0.2, 0.25) is 10.0 Å². The number of rotatable bonds is 7. The lowest BCUT2D eigenvalue weighted by atomic mass is 10.1. The molecule has 1 heterocycles. The normalized spacial score (nSPS) is 12.8. The van der Waals surface area contributed by atoms with Crippen LogP contribution in [-0.2, 0) is 20.0 Å². The minimum absolute atomic E-state index is 0.206. The van der Waals surface area contributed by atoms with Gasteiger partial charge in [0.1, 0.15) is 0 Å². The molecule has 10 heteroatoms. The van der Waals surface area contributed by atoms with Crippen LogP contribution in [-0.4, -0.2) is 39.1 Å². The summed E-state index contributed by atoms with van der Waals surface area (Å²) in [6, 6.07) is 8.03. The number of aromatic nitrogens is 1. The molecule has 0 aliphatic heterocycles. The number of hydrogen-bond donors (Lipinski definition) is 3. The van der Waals surface area contributed by atoms with Crippen molar-refractivity contribution in [3.63, 3.8) is 0 Å². The Labute approximate surface area is 147 Å². The molecule has 3 N–H and O–H groups in total. The average Bonchev–Trinajstić information content (AvgIpc) is 2.53. The summed E-state index contributed by atoms with van der Waals surface area (Å²) in [7, 11) is -7.93. The number of pyridine rings is 1. The van der Waals surface area contributed by atoms with Crippen LogP contribution in [0.1, 0.15) is 13.8 Å². The van der Waals surface area contributed by atoms with Crippen molar-refractivity contribution in [3.05, 3.63) is 48.8 Å². The van der Waals surface area contributed by atoms with Crippen LogP contribution in [0.25, 0.3) is 0 Å². The fourth-order valence-corrected chi connectivity index (χ4v) is 4.21. The first-order valence-corrected chi connectivity index (χ1v) is 10.2. The summed E-state index contributed by atoms with van der Waals surface area (Å²) in [5.74, 6) is 0. The summed E-state index contributed by atoms with van der Waals surface area (Å²) in [5, 5.41) is 9.64. The molecule has 0 bridgehead atoms. The molecule has 136 valence electrons. The maximum Gasteiger partial charge on any atom is 0.261 e. The zero-order chi connectivity index (χ0) is 18.7. The van der Waals surface area contributed by atoms with E-state index in [0.29, 0.717) is 0 Å². The van der Waals surface area contributed by atoms with Gasteiger partial charge in [-0.25, -0.2) is 21.6 Å². The summed E-state index contributed by atoms with van der Waals surface area (Å²) in [5.41, 5.74) is -0.977. The quantitative estimate of drug-likeness (QED) is 0.651. The molecule has 1 aromatic heterocycles. The highest BCUT2D eigenvalue weighted by Crippen LogP contribution is 2.19. The Morgan fingerprint density at radius 2 is 1.68 bits per heavy atom. The van der Waals surface area contributed by atoms with Crippen LogP contribution in [0.15, 0.2) is 58.6 Å². The Kier molecular flexibility index (Phi) is 5.47. The first-order chi connectivity index (χ1) is 11.5. The topological polar surface area (TPSA) is 125 Å². The monoisotopic (exact) mass is 385 g/mol. The van der Waals surface area contributed by atoms with Crippen LogP contribution in [0.5, 0.6) is 0 Å². The molecule has 2 aromatic rings. The van der Waals surface area contributed by atoms with Gasteiger partial charge < -0.3 is 5.11 Å². The van der Waals surface area contributed by atoms with Crippen molar-refractivity contribution < 1.29 is 21.9 Å². The van der Waals surface area contributed by atoms with Gasteiger partial charge in [0, 0.05) is 12.7 Å². The van der Waals surface area contributed by atoms with Crippen molar-refractivity contribution >= 4 is 25.7 Å². The Hall–Kier alpha value is -2.01. The number of aliphatic hydroxyl groups is 1. The van der Waals surface area contributed by atoms with Gasteiger partial charge in [-0.15, -0.1) is 0 Å². The van der Waals surface area contributed by atoms with Crippen LogP contribution in [0.2, 0.25) is 0 Å². The van der Waals surface area contributed by atoms with Crippen molar-refractivity contribution in [3.8, 4) is 0 Å². The lowest BCUT2D eigenvalue weighted by Crippen LogP contribution is -2.38. The molecule has 1 aromatic carbocycles. The largest absolute Gasteiger partial charge is 0.389 e. The third kappa shape index (κ3) is 5.49. The average molecular weight is 385 g/mol. The predicted octanol–water partition coefficient (Wildman–Crippen LogP) is 0.932. The van der Waals surface area contributed by atoms with Gasteiger partial charge in [0.15, 0.2) is 0 Å². The Morgan fingerprint density at radius 3 is 2.24 bits per heavy atom. The lowest BCUT2D eigenvalue weighted by molar-refractivity contribution is 0.0857. The minimum Gasteiger partial charge on any atom is -0.389 e. The second-order valence-electron chi connectivity index (χ2n) is 5.96. The lowest BCUT2D eigenvalue weighted by Gasteiger charge is -2.18. The highest BCUT2D eigenvalue weighted by Gasteiger charge is 2.22. The van der Waals surface area contributed by atoms with E-state index >= 15 is 0 Å². The molecule has 0 saturated heterocycles. The number of anilines is 1. The number of nitrogens with one attached hydrogen (secondary N) is 2. The summed E-state index contributed by atoms with van der Waals surface area (Å²) in [4.78, 5) is 3.39. The van der Waals surface area contributed by atoms with Crippen molar-refractivity contribution in [2.24, 2.45) is 0 Å². The van der Waals surface area contributed by atoms with E-state index in [1.807, 2.05) is 0 Å². The number of benzene rings is 1. The van der Waals surface area contributed by atoms with Gasteiger partial charge in [-0.3, -0.25) is 9.71 Å². The van der Waals surface area contributed by atoms with E-state index in [-0.39, 0.29) is 22.0 Å². The van der Waals surface area contributed by atoms with Crippen molar-refractivity contribution in [1.82, 2.24) is 9.71 Å². The molecule has 2 rings (SSSR count). The summed E-state index contributed by atoms with van der Waals surface area (Å²) < 4.78 is 53.9. The number of sulfonamides is 2. The number of hydrogen-bond acceptors (Lipinski definition) is 6. The van der Waals surface area contributed by atoms with Gasteiger partial charge in [0.05, 0.1) is 27.3 Å². The van der Waals surface area contributed by atoms with Crippen molar-refractivity contribution in [2.75, 3.05) is 11.3 Å². The van der Waals surface area contributed by atoms with Gasteiger partial charge >= 0.3 is 0 Å². The SMILES string of the molecule is CC(C)(O)CNS(=O)(=O)c1cccc(S(=O)(=O)Nc2cccnc2)c1. The zero-order valence-electron chi connectivity index (χ0n) is 13.7. The van der Waals surface area contributed by atoms with Crippen LogP contribution in [0, 0.1) is 0 Å². The molecule has 0 unspecified atom stereocenters. The van der Waals surface area contributed by atoms with E-state index in [1.165, 1.54) is 50.5 Å². The highest BCUT2D eigenvalue weighted by molar-refractivity contribution is 7.93. The summed E-state index contributed by atoms with van der Waals surface area (Å²) in [6.45, 7) is 2.70. The molecule has 0 radical (unpaired) electrons. The van der Waals surface area contributed by atoms with Crippen LogP contribution in [0.3, 0.4) is 0 Å². The molecule has 0 aliphatic rings. The Morgan fingerprint density at radius 1 is 1.04 bits per heavy atom. The third-order valence-corrected chi connectivity index (χ3v) is 5.81. The van der Waals surface area contributed by atoms with Crippen molar-refractivity contribution in [2.45, 2.75) is 29.2 Å². The first-order valence-electron chi connectivity index (χ1n) is 7.25. The molecule has 8 nitrogen and oxygen atoms in total. The molecule has 0 aliphatic carbocycles. The fourth-order valence-electron chi connectivity index (χ4n) is 1.80. The number of nitrogens with zero attached hydrogens (tertiary/aromatic N) is 1. The van der Waals surface area contributed by atoms with E-state index in [0.717, 1.165) is 6.07 Å². The first kappa shape index (κ1) is 19.3. The smallest absolute Gasteiger partial charge is 0.261 e. The van der Waals surface area contributed by atoms with Crippen LogP contribution in [0.4, 0.5) is 5.69 Å². The van der Waals surface area contributed by atoms with E-state index in [2.05, 4.69) is 14.4 Å². The van der Waals surface area contributed by atoms with Gasteiger partial charge in [-0.05, 0) is 44.2 Å². The maximum atomic E-state index is 12.4. The van der Waals surface area contributed by atoms with Crippen LogP contribution >= 0.6 is 0 Å². The van der Waals surface area contributed by atoms with Gasteiger partial charge in [-0.1, -0.05) is 6.07 Å². The molecule has 0 fully saturated rings. The maximum absolute atomic E-state index is 12.4. The van der Waals surface area contributed by atoms with Crippen molar-refractivity contribution in [1.29, 1.82) is 0 Å². The Balaban J connectivity index is 2.29. The fraction of sp³-hybridized carbons (Fsp3) is 0.267. The van der Waals surface area contributed by atoms with Gasteiger partial charge in [0.25, 0.3) is 10.0 Å². The zero-order valence-corrected chi connectivity index (χ0v) is 15.3. The molecule has 25 heavy (non-hydrogen) atoms. The highest BCUT2D eigenvalue weighted by atomic mass is 32.2. The standard InChI is InChI=1S/C15H19N3O5S2/c1-15(2,19)11-17-24(20,21)13-6-3-7-14(9-13)25(22,23)18-12-5-4-8-16-10-12/h3-10,17-19H,11H2,1-2H3. The molecular weight excluding hydrogens is 366 g/mol. The predicted molar refractivity (Wildman–Crippen MR) is 93.0 cm³/mol. The molecule has 0 saturated carbocycles. The van der Waals surface area contributed by atoms with Crippen LogP contribution < -0.4 is 9.44 Å². The van der Waals surface area contributed by atoms with E-state index in [1.54, 1.807) is 6.07 Å². The van der Waals surface area contributed by atoms with E-state index in [9.17, 15) is 21.9 Å². The molecule has 0 amide bonds. The van der Waals surface area contributed by atoms with Gasteiger partial charge in [-0.2, -0.15) is 0 Å². The minimum atomic E-state index is -3.97. The molecule has 0 atom stereocenters.